The summed E-state index contributed by atoms with van der Waals surface area (Å²) < 4.78 is 40.9. The molecule has 0 bridgehead atoms. The van der Waals surface area contributed by atoms with Crippen LogP contribution in [0.4, 0.5) is 13.2 Å². The number of hydrogen-bond donors (Lipinski definition) is 1. The lowest BCUT2D eigenvalue weighted by Gasteiger charge is -2.05. The van der Waals surface area contributed by atoms with Crippen LogP contribution in [0.15, 0.2) is 30.5 Å². The minimum Gasteiger partial charge on any atom is -0.545 e. The van der Waals surface area contributed by atoms with Crippen LogP contribution in [0.1, 0.15) is 11.1 Å². The molecule has 1 rings (SSSR count). The Morgan fingerprint density at radius 2 is 1.80 bits per heavy atom. The Kier molecular flexibility index (Phi) is 3.79. The lowest BCUT2D eigenvalue weighted by Crippen LogP contribution is -2.03. The molecule has 0 saturated carbocycles. The van der Waals surface area contributed by atoms with Crippen molar-refractivity contribution in [2.45, 2.75) is 6.18 Å². The summed E-state index contributed by atoms with van der Waals surface area (Å²) in [6.07, 6.45) is -1.65. The summed E-state index contributed by atoms with van der Waals surface area (Å²) in [5, 5.41) is 8.27. The van der Waals surface area contributed by atoms with E-state index in [4.69, 9.17) is 5.02 Å². The van der Waals surface area contributed by atoms with E-state index in [0.717, 1.165) is 12.1 Å². The fraction of sp³-hybridized carbons (Fsp3) is 0.111. The molecular weight excluding hydrogens is 208 g/mol. The maximum atomic E-state index is 12.2. The van der Waals surface area contributed by atoms with Crippen LogP contribution < -0.4 is 0 Å². The molecule has 0 aromatic heterocycles. The maximum Gasteiger partial charge on any atom is 0.503 e. The van der Waals surface area contributed by atoms with Gasteiger partial charge in [-0.05, 0) is 23.8 Å². The Labute approximate surface area is 85.3 Å². The highest BCUT2D eigenvalue weighted by atomic mass is 19.4. The highest BCUT2D eigenvalue weighted by Crippen LogP contribution is 2.29. The first-order valence-corrected chi connectivity index (χ1v) is 4.10. The molecule has 0 unspecified atom stereocenters. The number of rotatable bonds is 3. The zero-order valence-corrected chi connectivity index (χ0v) is 7.66. The minimum absolute atomic E-state index is 0.461. The molecule has 0 aliphatic rings. The predicted octanol–water partition coefficient (Wildman–Crippen LogP) is 1.95. The Morgan fingerprint density at radius 1 is 1.20 bits per heavy atom. The zero-order chi connectivity index (χ0) is 11.3. The molecule has 0 radical (unpaired) electrons. The van der Waals surface area contributed by atoms with Gasteiger partial charge >= 0.3 is 13.9 Å². The van der Waals surface area contributed by atoms with Crippen LogP contribution in [0.2, 0.25) is 0 Å². The van der Waals surface area contributed by atoms with E-state index in [1.165, 1.54) is 24.5 Å². The second-order valence-electron chi connectivity index (χ2n) is 2.72. The second kappa shape index (κ2) is 4.88. The summed E-state index contributed by atoms with van der Waals surface area (Å²) in [4.78, 5) is 0. The molecule has 0 atom stereocenters. The van der Waals surface area contributed by atoms with Crippen molar-refractivity contribution in [3.63, 3.8) is 0 Å². The van der Waals surface area contributed by atoms with Gasteiger partial charge in [-0.3, -0.25) is 0 Å². The normalized spacial score (nSPS) is 11.7. The minimum atomic E-state index is -4.32. The second-order valence-corrected chi connectivity index (χ2v) is 2.72. The predicted molar refractivity (Wildman–Crippen MR) is 50.9 cm³/mol. The third kappa shape index (κ3) is 3.67. The van der Waals surface area contributed by atoms with E-state index in [1.54, 1.807) is 0 Å². The van der Waals surface area contributed by atoms with E-state index in [1.807, 2.05) is 0 Å². The molecule has 15 heavy (non-hydrogen) atoms. The van der Waals surface area contributed by atoms with Crippen molar-refractivity contribution in [3.8, 4) is 0 Å². The van der Waals surface area contributed by atoms with Crippen LogP contribution in [0.5, 0.6) is 0 Å². The van der Waals surface area contributed by atoms with Crippen molar-refractivity contribution >= 4 is 13.8 Å². The van der Waals surface area contributed by atoms with E-state index in [-0.39, 0.29) is 0 Å². The van der Waals surface area contributed by atoms with Gasteiger partial charge in [0.05, 0.1) is 11.8 Å². The monoisotopic (exact) mass is 216 g/mol. The van der Waals surface area contributed by atoms with Gasteiger partial charge in [-0.2, -0.15) is 13.2 Å². The summed E-state index contributed by atoms with van der Waals surface area (Å²) in [5.74, 6) is 0. The van der Waals surface area contributed by atoms with Crippen molar-refractivity contribution in [1.82, 2.24) is 0 Å². The summed E-state index contributed by atoms with van der Waals surface area (Å²) in [7, 11) is -0.461. The van der Waals surface area contributed by atoms with Crippen LogP contribution in [0, 0.1) is 0 Å². The van der Waals surface area contributed by atoms with Crippen molar-refractivity contribution < 1.29 is 22.8 Å². The molecule has 0 heterocycles. The summed E-state index contributed by atoms with van der Waals surface area (Å²) in [5.41, 5.74) is -0.126. The fourth-order valence-electron chi connectivity index (χ4n) is 0.953. The third-order valence-electron chi connectivity index (χ3n) is 1.67. The summed E-state index contributed by atoms with van der Waals surface area (Å²) >= 11 is 0. The van der Waals surface area contributed by atoms with Crippen molar-refractivity contribution in [3.05, 3.63) is 41.7 Å². The van der Waals surface area contributed by atoms with Gasteiger partial charge in [-0.25, -0.2) is 0 Å². The van der Waals surface area contributed by atoms with Crippen LogP contribution >= 0.6 is 0 Å². The maximum absolute atomic E-state index is 12.2. The van der Waals surface area contributed by atoms with E-state index in [2.05, 4.69) is 4.65 Å². The molecule has 6 heteroatoms. The summed E-state index contributed by atoms with van der Waals surface area (Å²) in [6.45, 7) is 0. The van der Waals surface area contributed by atoms with Crippen LogP contribution in [-0.2, 0) is 10.8 Å². The van der Waals surface area contributed by atoms with Crippen molar-refractivity contribution in [1.29, 1.82) is 0 Å². The molecule has 1 aromatic rings. The molecule has 0 amide bonds. The molecule has 0 aliphatic heterocycles. The molecule has 0 aliphatic carbocycles. The number of benzene rings is 1. The van der Waals surface area contributed by atoms with Gasteiger partial charge in [0.25, 0.3) is 0 Å². The quantitative estimate of drug-likeness (QED) is 0.617. The molecule has 0 spiro atoms. The standard InChI is InChI=1S/C9H8BF3O2/c11-9(12,13)8-3-1-7(2-4-8)5-6-15-10-14/h1-6,10,14H/b6-5+. The highest BCUT2D eigenvalue weighted by Gasteiger charge is 2.29. The van der Waals surface area contributed by atoms with Crippen LogP contribution in [-0.4, -0.2) is 12.7 Å². The van der Waals surface area contributed by atoms with Gasteiger partial charge in [-0.1, -0.05) is 12.1 Å². The average molecular weight is 216 g/mol. The molecule has 0 saturated heterocycles. The van der Waals surface area contributed by atoms with Crippen molar-refractivity contribution in [2.24, 2.45) is 0 Å². The first kappa shape index (κ1) is 11.6. The van der Waals surface area contributed by atoms with Crippen LogP contribution in [0.25, 0.3) is 6.08 Å². The Hall–Kier alpha value is -1.43. The number of alkyl halides is 3. The molecular formula is C9H8BF3O2. The fourth-order valence-corrected chi connectivity index (χ4v) is 0.953. The topological polar surface area (TPSA) is 29.5 Å². The number of halogens is 3. The Balaban J connectivity index is 2.73. The molecule has 80 valence electrons. The van der Waals surface area contributed by atoms with Crippen LogP contribution in [0.3, 0.4) is 0 Å². The Morgan fingerprint density at radius 3 is 2.27 bits per heavy atom. The average Bonchev–Trinajstić information content (AvgIpc) is 2.18. The summed E-state index contributed by atoms with van der Waals surface area (Å²) in [6, 6.07) is 4.61. The van der Waals surface area contributed by atoms with Gasteiger partial charge in [0.15, 0.2) is 0 Å². The van der Waals surface area contributed by atoms with Gasteiger partial charge in [0.1, 0.15) is 0 Å². The zero-order valence-electron chi connectivity index (χ0n) is 7.66. The first-order chi connectivity index (χ1) is 7.04. The smallest absolute Gasteiger partial charge is 0.503 e. The van der Waals surface area contributed by atoms with Crippen molar-refractivity contribution in [2.75, 3.05) is 0 Å². The van der Waals surface area contributed by atoms with Gasteiger partial charge in [0, 0.05) is 0 Å². The Bertz CT molecular complexity index is 332. The van der Waals surface area contributed by atoms with E-state index >= 15 is 0 Å². The van der Waals surface area contributed by atoms with E-state index < -0.39 is 19.4 Å². The van der Waals surface area contributed by atoms with Gasteiger partial charge in [0.2, 0.25) is 0 Å². The van der Waals surface area contributed by atoms with E-state index in [9.17, 15) is 13.2 Å². The molecule has 0 fully saturated rings. The number of hydrogen-bond acceptors (Lipinski definition) is 2. The largest absolute Gasteiger partial charge is 0.545 e. The first-order valence-electron chi connectivity index (χ1n) is 4.10. The van der Waals surface area contributed by atoms with Gasteiger partial charge in [-0.15, -0.1) is 0 Å². The SMILES string of the molecule is OBO/C=C/c1ccc(C(F)(F)F)cc1. The van der Waals surface area contributed by atoms with Gasteiger partial charge < -0.3 is 9.68 Å². The highest BCUT2D eigenvalue weighted by molar-refractivity contribution is 6.16. The molecule has 1 N–H and O–H groups in total. The molecule has 2 nitrogen and oxygen atoms in total. The lowest BCUT2D eigenvalue weighted by molar-refractivity contribution is -0.137. The lowest BCUT2D eigenvalue weighted by atomic mass is 10.1. The van der Waals surface area contributed by atoms with E-state index in [0.29, 0.717) is 5.56 Å². The molecule has 1 aromatic carbocycles. The third-order valence-corrected chi connectivity index (χ3v) is 1.67.